The Hall–Kier alpha value is -1.03. The number of para-hydroxylation sites is 2. The van der Waals surface area contributed by atoms with Crippen LogP contribution in [0, 0.1) is 0 Å². The molecule has 0 radical (unpaired) electrons. The van der Waals surface area contributed by atoms with E-state index in [0.717, 1.165) is 0 Å². The third-order valence-electron chi connectivity index (χ3n) is 2.52. The van der Waals surface area contributed by atoms with Gasteiger partial charge >= 0.3 is 0 Å². The Kier molecular flexibility index (Phi) is 1.77. The monoisotopic (exact) mass is 293 g/mol. The van der Waals surface area contributed by atoms with Crippen molar-refractivity contribution in [3.8, 4) is 0 Å². The van der Waals surface area contributed by atoms with E-state index >= 15 is 0 Å². The summed E-state index contributed by atoms with van der Waals surface area (Å²) in [6, 6.07) is 17.0. The van der Waals surface area contributed by atoms with Gasteiger partial charge in [0.1, 0.15) is 0 Å². The molecule has 0 fully saturated rings. The standard InChI is InChI=1S/C12H8IN/c13-14-11-7-3-1-5-9(11)10-6-2-4-8-12(10)14/h1-8H. The van der Waals surface area contributed by atoms with Gasteiger partial charge in [-0.15, -0.1) is 0 Å². The molecule has 0 amide bonds. The molecule has 0 N–H and O–H groups in total. The van der Waals surface area contributed by atoms with Gasteiger partial charge in [-0.05, 0) is 12.1 Å². The fourth-order valence-electron chi connectivity index (χ4n) is 1.87. The third kappa shape index (κ3) is 1.00. The maximum absolute atomic E-state index is 2.35. The summed E-state index contributed by atoms with van der Waals surface area (Å²) < 4.78 is 2.21. The highest BCUT2D eigenvalue weighted by Gasteiger charge is 2.06. The van der Waals surface area contributed by atoms with Crippen molar-refractivity contribution in [1.82, 2.24) is 2.78 Å². The van der Waals surface area contributed by atoms with E-state index in [-0.39, 0.29) is 0 Å². The molecule has 14 heavy (non-hydrogen) atoms. The van der Waals surface area contributed by atoms with Crippen LogP contribution in [-0.2, 0) is 0 Å². The molecule has 0 saturated heterocycles. The van der Waals surface area contributed by atoms with Crippen molar-refractivity contribution in [2.45, 2.75) is 0 Å². The van der Waals surface area contributed by atoms with Gasteiger partial charge in [0, 0.05) is 10.8 Å². The van der Waals surface area contributed by atoms with E-state index in [1.165, 1.54) is 21.8 Å². The molecule has 3 rings (SSSR count). The summed E-state index contributed by atoms with van der Waals surface area (Å²) in [6.07, 6.45) is 0. The van der Waals surface area contributed by atoms with Crippen molar-refractivity contribution in [2.24, 2.45) is 0 Å². The molecule has 68 valence electrons. The Labute approximate surface area is 95.8 Å². The highest BCUT2D eigenvalue weighted by atomic mass is 127. The van der Waals surface area contributed by atoms with Crippen LogP contribution < -0.4 is 0 Å². The maximum Gasteiger partial charge on any atom is 0.0646 e. The Morgan fingerprint density at radius 2 is 1.14 bits per heavy atom. The Balaban J connectivity index is 2.69. The number of halogens is 1. The van der Waals surface area contributed by atoms with E-state index in [1.54, 1.807) is 0 Å². The number of hydrogen-bond donors (Lipinski definition) is 0. The molecule has 1 heterocycles. The van der Waals surface area contributed by atoms with E-state index < -0.39 is 0 Å². The molecule has 1 aromatic heterocycles. The van der Waals surface area contributed by atoms with Crippen LogP contribution in [0.2, 0.25) is 0 Å². The topological polar surface area (TPSA) is 4.93 Å². The first kappa shape index (κ1) is 8.29. The largest absolute Gasteiger partial charge is 0.282 e. The minimum atomic E-state index is 1.29. The second-order valence-corrected chi connectivity index (χ2v) is 4.28. The van der Waals surface area contributed by atoms with Crippen LogP contribution in [0.15, 0.2) is 48.5 Å². The molecule has 2 aromatic carbocycles. The van der Waals surface area contributed by atoms with Crippen molar-refractivity contribution in [3.63, 3.8) is 0 Å². The highest BCUT2D eigenvalue weighted by Crippen LogP contribution is 2.29. The number of benzene rings is 2. The first-order valence-corrected chi connectivity index (χ1v) is 5.49. The zero-order valence-corrected chi connectivity index (χ0v) is 9.60. The Bertz CT molecular complexity index is 557. The lowest BCUT2D eigenvalue weighted by Crippen LogP contribution is -1.75. The molecule has 0 bridgehead atoms. The zero-order valence-electron chi connectivity index (χ0n) is 7.44. The van der Waals surface area contributed by atoms with Crippen LogP contribution in [0.3, 0.4) is 0 Å². The van der Waals surface area contributed by atoms with Gasteiger partial charge in [0.15, 0.2) is 0 Å². The Morgan fingerprint density at radius 1 is 0.714 bits per heavy atom. The summed E-state index contributed by atoms with van der Waals surface area (Å²) in [5.74, 6) is 0. The van der Waals surface area contributed by atoms with Crippen LogP contribution in [0.1, 0.15) is 0 Å². The van der Waals surface area contributed by atoms with Gasteiger partial charge in [0.05, 0.1) is 33.9 Å². The minimum Gasteiger partial charge on any atom is -0.282 e. The van der Waals surface area contributed by atoms with Gasteiger partial charge in [-0.2, -0.15) is 0 Å². The van der Waals surface area contributed by atoms with Crippen molar-refractivity contribution in [2.75, 3.05) is 0 Å². The zero-order chi connectivity index (χ0) is 9.54. The lowest BCUT2D eigenvalue weighted by atomic mass is 10.2. The van der Waals surface area contributed by atoms with E-state index in [4.69, 9.17) is 0 Å². The molecule has 0 atom stereocenters. The summed E-state index contributed by atoms with van der Waals surface area (Å²) in [7, 11) is 0. The van der Waals surface area contributed by atoms with Crippen molar-refractivity contribution in [3.05, 3.63) is 48.5 Å². The van der Waals surface area contributed by atoms with Gasteiger partial charge in [0.2, 0.25) is 0 Å². The van der Waals surface area contributed by atoms with Crippen LogP contribution in [0.25, 0.3) is 21.8 Å². The molecule has 0 aliphatic rings. The first-order valence-electron chi connectivity index (χ1n) is 4.52. The number of hydrogen-bond acceptors (Lipinski definition) is 0. The van der Waals surface area contributed by atoms with E-state index in [2.05, 4.69) is 74.2 Å². The van der Waals surface area contributed by atoms with Gasteiger partial charge in [-0.3, -0.25) is 2.78 Å². The average molecular weight is 293 g/mol. The van der Waals surface area contributed by atoms with E-state index in [1.807, 2.05) is 0 Å². The van der Waals surface area contributed by atoms with Crippen molar-refractivity contribution in [1.29, 1.82) is 0 Å². The molecule has 0 aliphatic heterocycles. The second-order valence-electron chi connectivity index (χ2n) is 3.32. The molecule has 0 saturated carbocycles. The van der Waals surface area contributed by atoms with Gasteiger partial charge in [0.25, 0.3) is 0 Å². The van der Waals surface area contributed by atoms with Crippen LogP contribution in [0.4, 0.5) is 0 Å². The predicted molar refractivity (Wildman–Crippen MR) is 68.9 cm³/mol. The third-order valence-corrected chi connectivity index (χ3v) is 3.56. The average Bonchev–Trinajstić information content (AvgIpc) is 2.55. The first-order chi connectivity index (χ1) is 6.88. The highest BCUT2D eigenvalue weighted by molar-refractivity contribution is 14.1. The number of nitrogens with zero attached hydrogens (tertiary/aromatic N) is 1. The fourth-order valence-corrected chi connectivity index (χ4v) is 2.72. The molecule has 0 spiro atoms. The molecular formula is C12H8IN. The van der Waals surface area contributed by atoms with Gasteiger partial charge in [-0.1, -0.05) is 36.4 Å². The van der Waals surface area contributed by atoms with Crippen molar-refractivity contribution < 1.29 is 0 Å². The summed E-state index contributed by atoms with van der Waals surface area (Å²) >= 11 is 2.35. The smallest absolute Gasteiger partial charge is 0.0646 e. The number of aromatic nitrogens is 1. The number of fused-ring (bicyclic) bond motifs is 3. The molecule has 1 nitrogen and oxygen atoms in total. The summed E-state index contributed by atoms with van der Waals surface area (Å²) in [6.45, 7) is 0. The molecule has 0 unspecified atom stereocenters. The van der Waals surface area contributed by atoms with Crippen LogP contribution in [0.5, 0.6) is 0 Å². The van der Waals surface area contributed by atoms with Gasteiger partial charge < -0.3 is 0 Å². The quantitative estimate of drug-likeness (QED) is 0.552. The lowest BCUT2D eigenvalue weighted by Gasteiger charge is -1.92. The number of rotatable bonds is 0. The second kappa shape index (κ2) is 2.98. The van der Waals surface area contributed by atoms with E-state index in [0.29, 0.717) is 0 Å². The van der Waals surface area contributed by atoms with Gasteiger partial charge in [-0.25, -0.2) is 0 Å². The lowest BCUT2D eigenvalue weighted by molar-refractivity contribution is 1.50. The maximum atomic E-state index is 2.35. The summed E-state index contributed by atoms with van der Waals surface area (Å²) in [4.78, 5) is 0. The fraction of sp³-hybridized carbons (Fsp3) is 0. The van der Waals surface area contributed by atoms with E-state index in [9.17, 15) is 0 Å². The Morgan fingerprint density at radius 3 is 1.64 bits per heavy atom. The minimum absolute atomic E-state index is 1.29. The van der Waals surface area contributed by atoms with Crippen LogP contribution in [-0.4, -0.2) is 2.78 Å². The molecular weight excluding hydrogens is 285 g/mol. The summed E-state index contributed by atoms with van der Waals surface area (Å²) in [5, 5.41) is 2.66. The SMILES string of the molecule is In1c2ccccc2c2ccccc21. The predicted octanol–water partition coefficient (Wildman–Crippen LogP) is 3.99. The molecule has 0 aliphatic carbocycles. The summed E-state index contributed by atoms with van der Waals surface area (Å²) in [5.41, 5.74) is 2.57. The molecule has 3 aromatic rings. The van der Waals surface area contributed by atoms with Crippen LogP contribution >= 0.6 is 22.9 Å². The molecule has 2 heteroatoms. The van der Waals surface area contributed by atoms with Crippen molar-refractivity contribution >= 4 is 44.7 Å². The normalized spacial score (nSPS) is 11.2.